The highest BCUT2D eigenvalue weighted by Crippen LogP contribution is 2.33. The van der Waals surface area contributed by atoms with Crippen molar-refractivity contribution in [1.29, 1.82) is 0 Å². The van der Waals surface area contributed by atoms with Gasteiger partial charge in [0.15, 0.2) is 5.75 Å². The molecule has 0 bridgehead atoms. The van der Waals surface area contributed by atoms with Gasteiger partial charge < -0.3 is 4.84 Å². The molecule has 4 nitrogen and oxygen atoms in total. The maximum absolute atomic E-state index is 14.8. The summed E-state index contributed by atoms with van der Waals surface area (Å²) in [4.78, 5) is 21.4. The first-order valence-electron chi connectivity index (χ1n) is 8.92. The van der Waals surface area contributed by atoms with Gasteiger partial charge in [-0.05, 0) is 60.9 Å². The van der Waals surface area contributed by atoms with Crippen LogP contribution in [0.2, 0.25) is 10.0 Å². The Labute approximate surface area is 178 Å². The number of aromatic nitrogens is 1. The summed E-state index contributed by atoms with van der Waals surface area (Å²) in [7, 11) is 0. The van der Waals surface area contributed by atoms with E-state index in [0.29, 0.717) is 26.9 Å². The Morgan fingerprint density at radius 1 is 1.10 bits per heavy atom. The van der Waals surface area contributed by atoms with Crippen LogP contribution in [0.1, 0.15) is 38.8 Å². The summed E-state index contributed by atoms with van der Waals surface area (Å²) in [5.74, 6) is 0.114. The molecule has 0 saturated heterocycles. The average Bonchev–Trinajstić information content (AvgIpc) is 2.71. The molecule has 0 spiro atoms. The van der Waals surface area contributed by atoms with E-state index in [1.807, 2.05) is 13.8 Å². The molecule has 0 aliphatic heterocycles. The van der Waals surface area contributed by atoms with E-state index in [0.717, 1.165) is 16.7 Å². The molecule has 1 N–H and O–H groups in total. The van der Waals surface area contributed by atoms with Crippen LogP contribution in [-0.2, 0) is 6.42 Å². The predicted molar refractivity (Wildman–Crippen MR) is 112 cm³/mol. The van der Waals surface area contributed by atoms with Crippen LogP contribution in [0.5, 0.6) is 5.75 Å². The zero-order valence-corrected chi connectivity index (χ0v) is 17.4. The molecule has 0 saturated carbocycles. The Morgan fingerprint density at radius 2 is 1.83 bits per heavy atom. The minimum absolute atomic E-state index is 0.164. The van der Waals surface area contributed by atoms with E-state index >= 15 is 0 Å². The van der Waals surface area contributed by atoms with Gasteiger partial charge in [-0.2, -0.15) is 5.48 Å². The minimum Gasteiger partial charge on any atom is -0.379 e. The van der Waals surface area contributed by atoms with Crippen LogP contribution in [0, 0.1) is 13.8 Å². The molecule has 1 atom stereocenters. The third kappa shape index (κ3) is 5.05. The third-order valence-electron chi connectivity index (χ3n) is 4.74. The number of carbonyl (C=O) groups is 1. The second-order valence-electron chi connectivity index (χ2n) is 6.58. The first kappa shape index (κ1) is 21.1. The van der Waals surface area contributed by atoms with Crippen LogP contribution in [-0.4, -0.2) is 10.9 Å². The molecule has 1 aromatic heterocycles. The summed E-state index contributed by atoms with van der Waals surface area (Å²) in [5.41, 5.74) is 5.77. The zero-order valence-electron chi connectivity index (χ0n) is 15.9. The van der Waals surface area contributed by atoms with Gasteiger partial charge in [-0.15, -0.1) is 0 Å². The summed E-state index contributed by atoms with van der Waals surface area (Å²) in [5, 5.41) is 0.770. The fourth-order valence-electron chi connectivity index (χ4n) is 2.91. The van der Waals surface area contributed by atoms with Crippen LogP contribution >= 0.6 is 23.2 Å². The molecule has 3 rings (SSSR count). The van der Waals surface area contributed by atoms with E-state index in [9.17, 15) is 9.18 Å². The van der Waals surface area contributed by atoms with Crippen LogP contribution in [0.15, 0.2) is 54.9 Å². The van der Waals surface area contributed by atoms with Crippen molar-refractivity contribution in [2.45, 2.75) is 26.4 Å². The number of benzene rings is 2. The second-order valence-corrected chi connectivity index (χ2v) is 7.42. The van der Waals surface area contributed by atoms with E-state index in [1.54, 1.807) is 36.4 Å². The Hall–Kier alpha value is -2.63. The van der Waals surface area contributed by atoms with E-state index in [1.165, 1.54) is 18.5 Å². The highest BCUT2D eigenvalue weighted by atomic mass is 35.5. The molecule has 0 aliphatic rings. The highest BCUT2D eigenvalue weighted by Gasteiger charge is 2.18. The highest BCUT2D eigenvalue weighted by molar-refractivity contribution is 6.35. The van der Waals surface area contributed by atoms with Gasteiger partial charge in [0.05, 0.1) is 0 Å². The van der Waals surface area contributed by atoms with Crippen LogP contribution in [0.4, 0.5) is 4.39 Å². The van der Waals surface area contributed by atoms with Gasteiger partial charge in [0.25, 0.3) is 5.91 Å². The van der Waals surface area contributed by atoms with Crippen LogP contribution in [0.25, 0.3) is 0 Å². The Balaban J connectivity index is 1.71. The van der Waals surface area contributed by atoms with Gasteiger partial charge in [-0.1, -0.05) is 35.3 Å². The van der Waals surface area contributed by atoms with Crippen molar-refractivity contribution < 1.29 is 14.0 Å². The van der Waals surface area contributed by atoms with Crippen molar-refractivity contribution in [3.63, 3.8) is 0 Å². The lowest BCUT2D eigenvalue weighted by Crippen LogP contribution is -2.27. The molecule has 1 unspecified atom stereocenters. The number of hydrogen-bond donors (Lipinski definition) is 1. The molecule has 7 heteroatoms. The lowest BCUT2D eigenvalue weighted by Gasteiger charge is -2.16. The Kier molecular flexibility index (Phi) is 6.72. The number of nitrogens with zero attached hydrogens (tertiary/aromatic N) is 1. The van der Waals surface area contributed by atoms with Gasteiger partial charge in [0, 0.05) is 40.0 Å². The zero-order chi connectivity index (χ0) is 21.0. The number of carbonyl (C=O) groups excluding carboxylic acids is 1. The molecule has 0 aliphatic carbocycles. The first-order chi connectivity index (χ1) is 13.9. The Morgan fingerprint density at radius 3 is 2.52 bits per heavy atom. The van der Waals surface area contributed by atoms with Crippen LogP contribution in [0.3, 0.4) is 0 Å². The molecule has 2 aromatic carbocycles. The van der Waals surface area contributed by atoms with E-state index in [2.05, 4.69) is 10.5 Å². The molecular weight excluding hydrogens is 414 g/mol. The number of nitrogens with one attached hydrogen (secondary N) is 1. The van der Waals surface area contributed by atoms with Gasteiger partial charge >= 0.3 is 0 Å². The standard InChI is InChI=1S/C22H19Cl2FN2O2/c1-13-14(2)21(29-27-22(28)15-7-9-26-10-8-15)6-3-16(13)11-20(25)18-5-4-17(23)12-19(18)24/h3-10,12,20H,11H2,1-2H3,(H,27,28). The van der Waals surface area contributed by atoms with E-state index < -0.39 is 6.17 Å². The number of halogens is 3. The van der Waals surface area contributed by atoms with E-state index in [-0.39, 0.29) is 12.3 Å². The van der Waals surface area contributed by atoms with Crippen molar-refractivity contribution in [3.8, 4) is 5.75 Å². The molecule has 1 amide bonds. The number of hydroxylamine groups is 1. The topological polar surface area (TPSA) is 51.2 Å². The average molecular weight is 433 g/mol. The maximum Gasteiger partial charge on any atom is 0.284 e. The van der Waals surface area contributed by atoms with Crippen molar-refractivity contribution in [2.75, 3.05) is 0 Å². The minimum atomic E-state index is -1.27. The van der Waals surface area contributed by atoms with E-state index in [4.69, 9.17) is 28.0 Å². The van der Waals surface area contributed by atoms with Gasteiger partial charge in [0.2, 0.25) is 0 Å². The second kappa shape index (κ2) is 9.25. The summed E-state index contributed by atoms with van der Waals surface area (Å²) in [6.45, 7) is 3.74. The number of pyridine rings is 1. The molecule has 3 aromatic rings. The first-order valence-corrected chi connectivity index (χ1v) is 9.67. The number of rotatable bonds is 6. The Bertz CT molecular complexity index is 1030. The smallest absolute Gasteiger partial charge is 0.284 e. The molecular formula is C22H19Cl2FN2O2. The van der Waals surface area contributed by atoms with Crippen LogP contribution < -0.4 is 10.3 Å². The molecule has 150 valence electrons. The summed E-state index contributed by atoms with van der Waals surface area (Å²) in [6, 6.07) is 11.4. The van der Waals surface area contributed by atoms with Crippen molar-refractivity contribution in [3.05, 3.63) is 92.7 Å². The van der Waals surface area contributed by atoms with Gasteiger partial charge in [-0.3, -0.25) is 9.78 Å². The summed E-state index contributed by atoms with van der Waals surface area (Å²) < 4.78 is 14.8. The number of alkyl halides is 1. The maximum atomic E-state index is 14.8. The molecule has 29 heavy (non-hydrogen) atoms. The predicted octanol–water partition coefficient (Wildman–Crippen LogP) is 5.98. The number of hydrogen-bond acceptors (Lipinski definition) is 3. The SMILES string of the molecule is Cc1c(CC(F)c2ccc(Cl)cc2Cl)ccc(ONC(=O)c2ccncc2)c1C. The normalized spacial score (nSPS) is 11.8. The summed E-state index contributed by atoms with van der Waals surface area (Å²) >= 11 is 12.0. The quantitative estimate of drug-likeness (QED) is 0.487. The van der Waals surface area contributed by atoms with Crippen molar-refractivity contribution in [1.82, 2.24) is 10.5 Å². The molecule has 0 fully saturated rings. The van der Waals surface area contributed by atoms with Gasteiger partial charge in [-0.25, -0.2) is 4.39 Å². The number of amides is 1. The largest absolute Gasteiger partial charge is 0.379 e. The molecule has 0 radical (unpaired) electrons. The lowest BCUT2D eigenvalue weighted by molar-refractivity contribution is 0.0758. The molecule has 1 heterocycles. The van der Waals surface area contributed by atoms with Gasteiger partial charge in [0.1, 0.15) is 6.17 Å². The summed E-state index contributed by atoms with van der Waals surface area (Å²) in [6.07, 6.45) is 1.95. The lowest BCUT2D eigenvalue weighted by atomic mass is 9.96. The van der Waals surface area contributed by atoms with Crippen molar-refractivity contribution >= 4 is 29.1 Å². The monoisotopic (exact) mass is 432 g/mol. The third-order valence-corrected chi connectivity index (χ3v) is 5.31. The fourth-order valence-corrected chi connectivity index (χ4v) is 3.43. The van der Waals surface area contributed by atoms with Crippen molar-refractivity contribution in [2.24, 2.45) is 0 Å². The fraction of sp³-hybridized carbons (Fsp3) is 0.182.